The maximum absolute atomic E-state index is 10.0. The van der Waals surface area contributed by atoms with E-state index in [4.69, 9.17) is 10.3 Å². The van der Waals surface area contributed by atoms with Gasteiger partial charge in [0.15, 0.2) is 0 Å². The fourth-order valence-corrected chi connectivity index (χ4v) is 0.541. The summed E-state index contributed by atoms with van der Waals surface area (Å²) in [6, 6.07) is -0.609. The zero-order valence-electron chi connectivity index (χ0n) is 6.02. The summed E-state index contributed by atoms with van der Waals surface area (Å²) in [4.78, 5) is 10.0. The summed E-state index contributed by atoms with van der Waals surface area (Å²) in [7, 11) is 1.42. The zero-order chi connectivity index (χ0) is 8.69. The molecule has 0 aromatic carbocycles. The van der Waals surface area contributed by atoms with Gasteiger partial charge in [0.2, 0.25) is 0 Å². The van der Waals surface area contributed by atoms with E-state index in [0.717, 1.165) is 6.21 Å². The van der Waals surface area contributed by atoms with Crippen LogP contribution in [0.4, 0.5) is 4.79 Å². The molecule has 0 aromatic heterocycles. The predicted octanol–water partition coefficient (Wildman–Crippen LogP) is -0.271. The number of ether oxygens (including phenoxy) is 1. The van der Waals surface area contributed by atoms with Crippen molar-refractivity contribution >= 4 is 12.3 Å². The summed E-state index contributed by atoms with van der Waals surface area (Å²) in [5.41, 5.74) is 0. The number of hydrogen-bond acceptors (Lipinski definition) is 4. The number of methoxy groups -OCH3 is 1. The number of nitrogens with zero attached hydrogens (tertiary/aromatic N) is 1. The summed E-state index contributed by atoms with van der Waals surface area (Å²) >= 11 is 0. The average Bonchev–Trinajstić information content (AvgIpc) is 1.87. The summed E-state index contributed by atoms with van der Waals surface area (Å²) < 4.78 is 4.63. The minimum absolute atomic E-state index is 0.135. The third-order valence-corrected chi connectivity index (χ3v) is 0.902. The third kappa shape index (κ3) is 5.16. The van der Waals surface area contributed by atoms with Crippen molar-refractivity contribution in [1.82, 2.24) is 5.32 Å². The van der Waals surface area contributed by atoms with E-state index >= 15 is 0 Å². The van der Waals surface area contributed by atoms with Gasteiger partial charge >= 0.3 is 6.09 Å². The van der Waals surface area contributed by atoms with E-state index in [1.54, 1.807) is 0 Å². The van der Waals surface area contributed by atoms with Gasteiger partial charge in [0.05, 0.1) is 18.9 Å². The second-order valence-electron chi connectivity index (χ2n) is 1.78. The van der Waals surface area contributed by atoms with Crippen LogP contribution in [0.5, 0.6) is 0 Å². The summed E-state index contributed by atoms with van der Waals surface area (Å²) in [6.07, 6.45) is -0.149. The molecular formula is C5H10N2O4. The molecule has 1 atom stereocenters. The van der Waals surface area contributed by atoms with Crippen LogP contribution in [-0.2, 0) is 4.74 Å². The molecule has 0 spiro atoms. The number of nitrogens with one attached hydrogen (secondary N) is 1. The SMILES string of the molecule is COC[C@H](C=NO)NC(=O)O. The molecule has 0 radical (unpaired) electrons. The number of carboxylic acid groups (broad SMARTS) is 1. The van der Waals surface area contributed by atoms with Crippen LogP contribution < -0.4 is 5.32 Å². The Hall–Kier alpha value is -1.30. The maximum Gasteiger partial charge on any atom is 0.405 e. The fourth-order valence-electron chi connectivity index (χ4n) is 0.541. The molecule has 0 aromatic rings. The second kappa shape index (κ2) is 5.48. The van der Waals surface area contributed by atoms with Crippen molar-refractivity contribution in [3.8, 4) is 0 Å². The van der Waals surface area contributed by atoms with Crippen molar-refractivity contribution < 1.29 is 19.8 Å². The quantitative estimate of drug-likeness (QED) is 0.301. The Labute approximate surface area is 63.5 Å². The van der Waals surface area contributed by atoms with E-state index in [9.17, 15) is 4.79 Å². The van der Waals surface area contributed by atoms with Crippen molar-refractivity contribution in [1.29, 1.82) is 0 Å². The standard InChI is InChI=1S/C5H10N2O4/c1-11-3-4(2-6-10)7-5(8)9/h2,4,7,10H,3H2,1H3,(H,8,9)/t4-/m0/s1. The number of amides is 1. The maximum atomic E-state index is 10.0. The first-order chi connectivity index (χ1) is 5.20. The third-order valence-electron chi connectivity index (χ3n) is 0.902. The van der Waals surface area contributed by atoms with Crippen LogP contribution in [0.25, 0.3) is 0 Å². The summed E-state index contributed by atoms with van der Waals surface area (Å²) in [5, 5.41) is 21.0. The van der Waals surface area contributed by atoms with Gasteiger partial charge in [-0.3, -0.25) is 0 Å². The van der Waals surface area contributed by atoms with E-state index in [1.807, 2.05) is 0 Å². The van der Waals surface area contributed by atoms with E-state index < -0.39 is 12.1 Å². The first-order valence-corrected chi connectivity index (χ1v) is 2.86. The molecule has 0 unspecified atom stereocenters. The Morgan fingerprint density at radius 1 is 1.91 bits per heavy atom. The molecule has 0 aliphatic rings. The molecular weight excluding hydrogens is 152 g/mol. The van der Waals surface area contributed by atoms with Gasteiger partial charge in [-0.1, -0.05) is 5.16 Å². The molecule has 0 bridgehead atoms. The van der Waals surface area contributed by atoms with E-state index in [0.29, 0.717) is 0 Å². The normalized spacial score (nSPS) is 13.2. The lowest BCUT2D eigenvalue weighted by Gasteiger charge is -2.08. The second-order valence-corrected chi connectivity index (χ2v) is 1.78. The van der Waals surface area contributed by atoms with E-state index in [2.05, 4.69) is 15.2 Å². The molecule has 0 saturated heterocycles. The van der Waals surface area contributed by atoms with Gasteiger partial charge in [-0.25, -0.2) is 4.79 Å². The average molecular weight is 162 g/mol. The van der Waals surface area contributed by atoms with Crippen LogP contribution in [0.2, 0.25) is 0 Å². The topological polar surface area (TPSA) is 91.2 Å². The molecule has 3 N–H and O–H groups in total. The van der Waals surface area contributed by atoms with Crippen molar-refractivity contribution in [2.45, 2.75) is 6.04 Å². The molecule has 0 saturated carbocycles. The Bertz CT molecular complexity index is 147. The number of oxime groups is 1. The first kappa shape index (κ1) is 9.70. The fraction of sp³-hybridized carbons (Fsp3) is 0.600. The highest BCUT2D eigenvalue weighted by Crippen LogP contribution is 1.80. The highest BCUT2D eigenvalue weighted by molar-refractivity contribution is 5.73. The largest absolute Gasteiger partial charge is 0.465 e. The number of carbonyl (C=O) groups is 1. The number of hydrogen-bond donors (Lipinski definition) is 3. The minimum atomic E-state index is -1.19. The lowest BCUT2D eigenvalue weighted by molar-refractivity contribution is 0.166. The van der Waals surface area contributed by atoms with Gasteiger partial charge in [-0.05, 0) is 0 Å². The van der Waals surface area contributed by atoms with Crippen molar-refractivity contribution in [2.75, 3.05) is 13.7 Å². The van der Waals surface area contributed by atoms with Gasteiger partial charge in [0.1, 0.15) is 0 Å². The Balaban J connectivity index is 3.78. The van der Waals surface area contributed by atoms with Crippen molar-refractivity contribution in [3.63, 3.8) is 0 Å². The molecule has 0 aliphatic carbocycles. The molecule has 1 amide bonds. The Kier molecular flexibility index (Phi) is 4.83. The summed E-state index contributed by atoms with van der Waals surface area (Å²) in [5.74, 6) is 0. The monoisotopic (exact) mass is 162 g/mol. The molecule has 0 heterocycles. The van der Waals surface area contributed by atoms with Gasteiger partial charge in [-0.2, -0.15) is 0 Å². The van der Waals surface area contributed by atoms with Gasteiger partial charge in [0, 0.05) is 7.11 Å². The summed E-state index contributed by atoms with van der Waals surface area (Å²) in [6.45, 7) is 0.135. The lowest BCUT2D eigenvalue weighted by Crippen LogP contribution is -2.38. The van der Waals surface area contributed by atoms with Gasteiger partial charge < -0.3 is 20.4 Å². The molecule has 6 heteroatoms. The van der Waals surface area contributed by atoms with Crippen LogP contribution in [0.3, 0.4) is 0 Å². The van der Waals surface area contributed by atoms with Crippen LogP contribution >= 0.6 is 0 Å². The minimum Gasteiger partial charge on any atom is -0.465 e. The van der Waals surface area contributed by atoms with Crippen LogP contribution in [0, 0.1) is 0 Å². The van der Waals surface area contributed by atoms with E-state index in [-0.39, 0.29) is 6.61 Å². The van der Waals surface area contributed by atoms with Crippen LogP contribution in [-0.4, -0.2) is 42.4 Å². The molecule has 11 heavy (non-hydrogen) atoms. The van der Waals surface area contributed by atoms with Crippen molar-refractivity contribution in [3.05, 3.63) is 0 Å². The Morgan fingerprint density at radius 2 is 2.55 bits per heavy atom. The molecule has 64 valence electrons. The number of rotatable bonds is 4. The smallest absolute Gasteiger partial charge is 0.405 e. The molecule has 0 rings (SSSR count). The van der Waals surface area contributed by atoms with Crippen LogP contribution in [0.15, 0.2) is 5.16 Å². The zero-order valence-corrected chi connectivity index (χ0v) is 6.02. The highest BCUT2D eigenvalue weighted by Gasteiger charge is 2.07. The van der Waals surface area contributed by atoms with E-state index in [1.165, 1.54) is 7.11 Å². The lowest BCUT2D eigenvalue weighted by atomic mass is 10.3. The molecule has 0 fully saturated rings. The highest BCUT2D eigenvalue weighted by atomic mass is 16.5. The van der Waals surface area contributed by atoms with Crippen LogP contribution in [0.1, 0.15) is 0 Å². The Morgan fingerprint density at radius 3 is 2.91 bits per heavy atom. The predicted molar refractivity (Wildman–Crippen MR) is 37.1 cm³/mol. The molecule has 0 aliphatic heterocycles. The molecule has 6 nitrogen and oxygen atoms in total. The first-order valence-electron chi connectivity index (χ1n) is 2.86. The van der Waals surface area contributed by atoms with Gasteiger partial charge in [0.25, 0.3) is 0 Å². The van der Waals surface area contributed by atoms with Gasteiger partial charge in [-0.15, -0.1) is 0 Å². The van der Waals surface area contributed by atoms with Crippen molar-refractivity contribution in [2.24, 2.45) is 5.16 Å².